The summed E-state index contributed by atoms with van der Waals surface area (Å²) in [6.07, 6.45) is 1.71. The van der Waals surface area contributed by atoms with Gasteiger partial charge in [0.15, 0.2) is 0 Å². The van der Waals surface area contributed by atoms with Gasteiger partial charge in [0.2, 0.25) is 5.91 Å². The molecule has 3 nitrogen and oxygen atoms in total. The predicted molar refractivity (Wildman–Crippen MR) is 80.1 cm³/mol. The Hall–Kier alpha value is -0.220. The molecule has 1 heterocycles. The van der Waals surface area contributed by atoms with E-state index < -0.39 is 0 Å². The minimum Gasteiger partial charge on any atom is -0.342 e. The molecule has 1 aliphatic rings. The number of nitrogens with one attached hydrogen (secondary N) is 1. The van der Waals surface area contributed by atoms with Crippen molar-refractivity contribution in [3.8, 4) is 0 Å². The fourth-order valence-electron chi connectivity index (χ4n) is 1.97. The number of nitrogens with zero attached hydrogens (tertiary/aromatic N) is 1. The van der Waals surface area contributed by atoms with Gasteiger partial charge in [0.25, 0.3) is 0 Å². The molecule has 1 rings (SSSR count). The summed E-state index contributed by atoms with van der Waals surface area (Å²) in [5.74, 6) is 1.36. The van der Waals surface area contributed by atoms with Crippen LogP contribution in [0.4, 0.5) is 0 Å². The molecule has 0 unspecified atom stereocenters. The van der Waals surface area contributed by atoms with Crippen molar-refractivity contribution in [3.63, 3.8) is 0 Å². The Morgan fingerprint density at radius 3 is 2.61 bits per heavy atom. The zero-order chi connectivity index (χ0) is 13.8. The van der Waals surface area contributed by atoms with Crippen LogP contribution in [-0.2, 0) is 4.79 Å². The minimum atomic E-state index is 0.0942. The second kappa shape index (κ2) is 6.29. The van der Waals surface area contributed by atoms with Gasteiger partial charge >= 0.3 is 0 Å². The lowest BCUT2D eigenvalue weighted by Gasteiger charge is -2.24. The lowest BCUT2D eigenvalue weighted by molar-refractivity contribution is -0.130. The quantitative estimate of drug-likeness (QED) is 0.857. The van der Waals surface area contributed by atoms with Crippen molar-refractivity contribution in [1.82, 2.24) is 10.2 Å². The number of thioether (sulfide) groups is 1. The summed E-state index contributed by atoms with van der Waals surface area (Å²) in [6.45, 7) is 13.5. The second-order valence-corrected chi connectivity index (χ2v) is 8.47. The third kappa shape index (κ3) is 6.10. The summed E-state index contributed by atoms with van der Waals surface area (Å²) in [6, 6.07) is 0. The van der Waals surface area contributed by atoms with Crippen molar-refractivity contribution >= 4 is 17.7 Å². The summed E-state index contributed by atoms with van der Waals surface area (Å²) in [4.78, 5) is 14.2. The zero-order valence-corrected chi connectivity index (χ0v) is 13.3. The molecule has 0 aromatic rings. The Bertz CT molecular complexity index is 284. The van der Waals surface area contributed by atoms with Gasteiger partial charge in [-0.15, -0.1) is 0 Å². The van der Waals surface area contributed by atoms with E-state index >= 15 is 0 Å². The number of rotatable bonds is 3. The van der Waals surface area contributed by atoms with Crippen molar-refractivity contribution in [2.45, 2.75) is 57.7 Å². The number of carbonyl (C=O) groups is 1. The normalized spacial score (nSPS) is 20.6. The molecule has 4 heteroatoms. The van der Waals surface area contributed by atoms with Crippen LogP contribution in [-0.4, -0.2) is 46.5 Å². The summed E-state index contributed by atoms with van der Waals surface area (Å²) < 4.78 is 0.318. The molecule has 0 saturated carbocycles. The monoisotopic (exact) mass is 272 g/mol. The van der Waals surface area contributed by atoms with Gasteiger partial charge < -0.3 is 10.2 Å². The lowest BCUT2D eigenvalue weighted by Crippen LogP contribution is -2.40. The molecule has 1 amide bonds. The molecule has 0 aromatic carbocycles. The van der Waals surface area contributed by atoms with Crippen LogP contribution >= 0.6 is 11.8 Å². The maximum Gasteiger partial charge on any atom is 0.223 e. The van der Waals surface area contributed by atoms with E-state index in [0.717, 1.165) is 31.8 Å². The second-order valence-electron chi connectivity index (χ2n) is 6.67. The van der Waals surface area contributed by atoms with Crippen molar-refractivity contribution in [2.24, 2.45) is 0 Å². The number of hydrogen-bond donors (Lipinski definition) is 1. The fraction of sp³-hybridized carbons (Fsp3) is 0.929. The summed E-state index contributed by atoms with van der Waals surface area (Å²) in [7, 11) is 0. The maximum absolute atomic E-state index is 12.1. The van der Waals surface area contributed by atoms with E-state index in [0.29, 0.717) is 17.1 Å². The predicted octanol–water partition coefficient (Wildman–Crippen LogP) is 2.51. The van der Waals surface area contributed by atoms with Crippen molar-refractivity contribution < 1.29 is 4.79 Å². The van der Waals surface area contributed by atoms with Gasteiger partial charge in [0, 0.05) is 42.1 Å². The van der Waals surface area contributed by atoms with E-state index in [-0.39, 0.29) is 5.54 Å². The Kier molecular flexibility index (Phi) is 5.53. The van der Waals surface area contributed by atoms with Crippen molar-refractivity contribution in [2.75, 3.05) is 25.4 Å². The molecule has 0 radical (unpaired) electrons. The van der Waals surface area contributed by atoms with Gasteiger partial charge in [0.05, 0.1) is 0 Å². The van der Waals surface area contributed by atoms with E-state index in [9.17, 15) is 4.79 Å². The van der Waals surface area contributed by atoms with Gasteiger partial charge in [-0.05, 0) is 27.2 Å². The fourth-order valence-corrected chi connectivity index (χ4v) is 3.07. The van der Waals surface area contributed by atoms with Crippen LogP contribution in [0.3, 0.4) is 0 Å². The Balaban J connectivity index is 2.34. The van der Waals surface area contributed by atoms with Gasteiger partial charge in [0.1, 0.15) is 0 Å². The highest BCUT2D eigenvalue weighted by molar-refractivity contribution is 8.00. The molecule has 1 aliphatic heterocycles. The molecular weight excluding hydrogens is 244 g/mol. The standard InChI is InChI=1S/C14H28N2OS/c1-13(2,3)15-8-6-12(17)16-9-7-14(4,5)18-11-10-16/h15H,6-11H2,1-5H3. The van der Waals surface area contributed by atoms with Crippen LogP contribution in [0.25, 0.3) is 0 Å². The van der Waals surface area contributed by atoms with Crippen molar-refractivity contribution in [3.05, 3.63) is 0 Å². The first-order valence-corrected chi connectivity index (χ1v) is 7.85. The lowest BCUT2D eigenvalue weighted by atomic mass is 10.1. The first-order chi connectivity index (χ1) is 8.20. The molecule has 0 aromatic heterocycles. The highest BCUT2D eigenvalue weighted by Gasteiger charge is 2.25. The third-order valence-corrected chi connectivity index (χ3v) is 4.56. The Morgan fingerprint density at radius 1 is 1.33 bits per heavy atom. The molecule has 0 aliphatic carbocycles. The molecule has 1 N–H and O–H groups in total. The summed E-state index contributed by atoms with van der Waals surface area (Å²) in [5, 5.41) is 3.37. The molecule has 1 saturated heterocycles. The molecule has 106 valence electrons. The molecule has 0 atom stereocenters. The SMILES string of the molecule is CC(C)(C)NCCC(=O)N1CCSC(C)(C)CC1. The topological polar surface area (TPSA) is 32.3 Å². The molecule has 0 spiro atoms. The van der Waals surface area contributed by atoms with Crippen LogP contribution in [0.5, 0.6) is 0 Å². The molecule has 0 bridgehead atoms. The summed E-state index contributed by atoms with van der Waals surface area (Å²) >= 11 is 1.98. The highest BCUT2D eigenvalue weighted by Crippen LogP contribution is 2.30. The van der Waals surface area contributed by atoms with Gasteiger partial charge in [-0.2, -0.15) is 11.8 Å². The average Bonchev–Trinajstić information content (AvgIpc) is 2.37. The molecular formula is C14H28N2OS. The van der Waals surface area contributed by atoms with E-state index in [2.05, 4.69) is 39.9 Å². The van der Waals surface area contributed by atoms with E-state index in [1.165, 1.54) is 0 Å². The van der Waals surface area contributed by atoms with Gasteiger partial charge in [-0.3, -0.25) is 4.79 Å². The van der Waals surface area contributed by atoms with E-state index in [1.54, 1.807) is 0 Å². The third-order valence-electron chi connectivity index (χ3n) is 3.18. The van der Waals surface area contributed by atoms with Crippen LogP contribution in [0.1, 0.15) is 47.5 Å². The Morgan fingerprint density at radius 2 is 2.00 bits per heavy atom. The van der Waals surface area contributed by atoms with E-state index in [1.807, 2.05) is 16.7 Å². The largest absolute Gasteiger partial charge is 0.342 e. The average molecular weight is 272 g/mol. The number of hydrogen-bond acceptors (Lipinski definition) is 3. The zero-order valence-electron chi connectivity index (χ0n) is 12.5. The van der Waals surface area contributed by atoms with Crippen LogP contribution in [0, 0.1) is 0 Å². The van der Waals surface area contributed by atoms with Crippen LogP contribution in [0.2, 0.25) is 0 Å². The first-order valence-electron chi connectivity index (χ1n) is 6.86. The Labute approximate surface area is 116 Å². The van der Waals surface area contributed by atoms with Gasteiger partial charge in [-0.25, -0.2) is 0 Å². The molecule has 18 heavy (non-hydrogen) atoms. The molecule has 1 fully saturated rings. The first kappa shape index (κ1) is 15.8. The van der Waals surface area contributed by atoms with E-state index in [4.69, 9.17) is 0 Å². The van der Waals surface area contributed by atoms with Crippen molar-refractivity contribution in [1.29, 1.82) is 0 Å². The smallest absolute Gasteiger partial charge is 0.223 e. The number of amides is 1. The van der Waals surface area contributed by atoms with Crippen LogP contribution in [0.15, 0.2) is 0 Å². The summed E-state index contributed by atoms with van der Waals surface area (Å²) in [5.41, 5.74) is 0.0942. The highest BCUT2D eigenvalue weighted by atomic mass is 32.2. The number of carbonyl (C=O) groups excluding carboxylic acids is 1. The van der Waals surface area contributed by atoms with Gasteiger partial charge in [-0.1, -0.05) is 13.8 Å². The van der Waals surface area contributed by atoms with Crippen LogP contribution < -0.4 is 5.32 Å². The maximum atomic E-state index is 12.1. The minimum absolute atomic E-state index is 0.0942.